The molecule has 3 fully saturated rings. The number of hydrogen-bond acceptors (Lipinski definition) is 5. The van der Waals surface area contributed by atoms with Gasteiger partial charge in [0.2, 0.25) is 0 Å². The van der Waals surface area contributed by atoms with Crippen molar-refractivity contribution in [1.29, 1.82) is 0 Å². The van der Waals surface area contributed by atoms with E-state index in [1.54, 1.807) is 6.33 Å². The molecule has 0 spiro atoms. The molecule has 6 heteroatoms. The lowest BCUT2D eigenvalue weighted by atomic mass is 9.85. The molecule has 2 aromatic rings. The molecule has 3 N–H and O–H groups in total. The quantitative estimate of drug-likeness (QED) is 0.797. The molecule has 3 aliphatic rings. The topological polar surface area (TPSA) is 83.2 Å². The molecule has 2 heterocycles. The molecule has 0 aliphatic heterocycles. The third-order valence-electron chi connectivity index (χ3n) is 6.04. The van der Waals surface area contributed by atoms with Crippen LogP contribution in [-0.4, -0.2) is 43.5 Å². The van der Waals surface area contributed by atoms with Crippen LogP contribution in [0.5, 0.6) is 0 Å². The Labute approximate surface area is 134 Å². The summed E-state index contributed by atoms with van der Waals surface area (Å²) in [6.07, 6.45) is 7.09. The summed E-state index contributed by atoms with van der Waals surface area (Å²) in [7, 11) is 0. The number of anilines is 1. The molecule has 0 unspecified atom stereocenters. The Balaban J connectivity index is 1.34. The molecule has 5 rings (SSSR count). The van der Waals surface area contributed by atoms with E-state index in [1.165, 1.54) is 12.8 Å². The van der Waals surface area contributed by atoms with Gasteiger partial charge in [0.15, 0.2) is 0 Å². The van der Waals surface area contributed by atoms with Crippen LogP contribution in [0.15, 0.2) is 18.6 Å². The van der Waals surface area contributed by atoms with Crippen molar-refractivity contribution in [2.75, 3.05) is 11.9 Å². The Morgan fingerprint density at radius 3 is 2.78 bits per heavy atom. The zero-order valence-corrected chi connectivity index (χ0v) is 13.0. The predicted octanol–water partition coefficient (Wildman–Crippen LogP) is 1.56. The van der Waals surface area contributed by atoms with E-state index in [1.807, 2.05) is 0 Å². The Morgan fingerprint density at radius 1 is 1.17 bits per heavy atom. The highest BCUT2D eigenvalue weighted by atomic mass is 16.3. The van der Waals surface area contributed by atoms with E-state index in [2.05, 4.69) is 32.1 Å². The molecule has 23 heavy (non-hydrogen) atoms. The van der Waals surface area contributed by atoms with Gasteiger partial charge in [-0.15, -0.1) is 0 Å². The first-order valence-electron chi connectivity index (χ1n) is 8.64. The molecule has 0 saturated heterocycles. The summed E-state index contributed by atoms with van der Waals surface area (Å²) in [6, 6.07) is 2.70. The van der Waals surface area contributed by atoms with Gasteiger partial charge in [0, 0.05) is 18.8 Å². The third-order valence-corrected chi connectivity index (χ3v) is 6.04. The summed E-state index contributed by atoms with van der Waals surface area (Å²) in [5, 5.41) is 24.5. The van der Waals surface area contributed by atoms with Crippen LogP contribution in [0.25, 0.3) is 11.0 Å². The minimum absolute atomic E-state index is 0.218. The van der Waals surface area contributed by atoms with Crippen molar-refractivity contribution < 1.29 is 10.2 Å². The highest BCUT2D eigenvalue weighted by molar-refractivity contribution is 5.87. The second-order valence-corrected chi connectivity index (χ2v) is 7.43. The Morgan fingerprint density at radius 2 is 2.04 bits per heavy atom. The maximum absolute atomic E-state index is 10.1. The van der Waals surface area contributed by atoms with E-state index in [0.29, 0.717) is 12.0 Å². The van der Waals surface area contributed by atoms with Gasteiger partial charge in [-0.1, -0.05) is 0 Å². The molecule has 5 atom stereocenters. The van der Waals surface area contributed by atoms with Gasteiger partial charge in [0.05, 0.1) is 17.6 Å². The van der Waals surface area contributed by atoms with Gasteiger partial charge in [-0.2, -0.15) is 0 Å². The Hall–Kier alpha value is -1.66. The summed E-state index contributed by atoms with van der Waals surface area (Å²) in [5.41, 5.74) is 1.01. The second-order valence-electron chi connectivity index (χ2n) is 7.43. The lowest BCUT2D eigenvalue weighted by Gasteiger charge is -2.29. The number of nitrogens with zero attached hydrogens (tertiary/aromatic N) is 3. The lowest BCUT2D eigenvalue weighted by molar-refractivity contribution is -0.0317. The first-order chi connectivity index (χ1) is 11.2. The molecule has 2 bridgehead atoms. The van der Waals surface area contributed by atoms with Crippen LogP contribution in [0.2, 0.25) is 0 Å². The first-order valence-corrected chi connectivity index (χ1v) is 8.64. The van der Waals surface area contributed by atoms with Crippen molar-refractivity contribution in [3.05, 3.63) is 18.6 Å². The summed E-state index contributed by atoms with van der Waals surface area (Å²) in [5.74, 6) is 1.78. The van der Waals surface area contributed by atoms with E-state index in [0.717, 1.165) is 36.2 Å². The van der Waals surface area contributed by atoms with E-state index >= 15 is 0 Å². The smallest absolute Gasteiger partial charge is 0.145 e. The minimum Gasteiger partial charge on any atom is -0.390 e. The van der Waals surface area contributed by atoms with Crippen molar-refractivity contribution in [3.8, 4) is 0 Å². The van der Waals surface area contributed by atoms with Crippen LogP contribution < -0.4 is 5.32 Å². The largest absolute Gasteiger partial charge is 0.390 e. The maximum Gasteiger partial charge on any atom is 0.145 e. The van der Waals surface area contributed by atoms with Crippen LogP contribution in [0.1, 0.15) is 31.7 Å². The Kier molecular flexibility index (Phi) is 2.94. The highest BCUT2D eigenvalue weighted by Gasteiger charge is 2.51. The minimum atomic E-state index is -0.554. The number of fused-ring (bicyclic) bond motifs is 3. The van der Waals surface area contributed by atoms with E-state index < -0.39 is 12.2 Å². The van der Waals surface area contributed by atoms with Gasteiger partial charge in [0.1, 0.15) is 17.8 Å². The van der Waals surface area contributed by atoms with Crippen molar-refractivity contribution in [2.45, 2.75) is 43.9 Å². The molecule has 2 aromatic heterocycles. The van der Waals surface area contributed by atoms with E-state index in [-0.39, 0.29) is 11.8 Å². The monoisotopic (exact) mass is 314 g/mol. The highest BCUT2D eigenvalue weighted by Crippen LogP contribution is 2.48. The first kappa shape index (κ1) is 13.7. The van der Waals surface area contributed by atoms with Crippen LogP contribution in [0.4, 0.5) is 5.82 Å². The van der Waals surface area contributed by atoms with Crippen LogP contribution in [0.3, 0.4) is 0 Å². The molecule has 0 amide bonds. The predicted molar refractivity (Wildman–Crippen MR) is 86.0 cm³/mol. The van der Waals surface area contributed by atoms with Gasteiger partial charge < -0.3 is 20.1 Å². The summed E-state index contributed by atoms with van der Waals surface area (Å²) >= 11 is 0. The van der Waals surface area contributed by atoms with Crippen molar-refractivity contribution in [2.24, 2.45) is 17.8 Å². The summed E-state index contributed by atoms with van der Waals surface area (Å²) in [4.78, 5) is 8.85. The number of nitrogens with one attached hydrogen (secondary N) is 1. The molecule has 3 aliphatic carbocycles. The van der Waals surface area contributed by atoms with Gasteiger partial charge in [0.25, 0.3) is 0 Å². The van der Waals surface area contributed by atoms with Gasteiger partial charge >= 0.3 is 0 Å². The maximum atomic E-state index is 10.1. The lowest BCUT2D eigenvalue weighted by Crippen LogP contribution is -2.38. The van der Waals surface area contributed by atoms with Crippen LogP contribution >= 0.6 is 0 Å². The standard InChI is InChI=1S/C17H22N4O2/c22-14-9-5-10(13(6-9)15(14)23)7-18-16-12-3-4-21(11-1-2-11)17(12)20-8-19-16/h3-4,8-11,13-15,22-23H,1-2,5-7H2,(H,18,19,20)/t9-,10-,13-,14+,15-/m1/s1. The fraction of sp³-hybridized carbons (Fsp3) is 0.647. The molecule has 6 nitrogen and oxygen atoms in total. The Bertz CT molecular complexity index is 739. The summed E-state index contributed by atoms with van der Waals surface area (Å²) in [6.45, 7) is 0.797. The zero-order valence-electron chi connectivity index (χ0n) is 13.0. The molecular formula is C17H22N4O2. The average Bonchev–Trinajstić information content (AvgIpc) is 3.07. The SMILES string of the molecule is O[C@H]1[C@@H]2C[C@H](CNc3ncnc4c3ccn4C3CC3)[C@@H](C2)[C@H]1O. The second kappa shape index (κ2) is 4.92. The average molecular weight is 314 g/mol. The fourth-order valence-corrected chi connectivity index (χ4v) is 4.65. The fourth-order valence-electron chi connectivity index (χ4n) is 4.65. The van der Waals surface area contributed by atoms with Crippen molar-refractivity contribution in [3.63, 3.8) is 0 Å². The molecular weight excluding hydrogens is 292 g/mol. The normalized spacial score (nSPS) is 36.0. The van der Waals surface area contributed by atoms with Crippen molar-refractivity contribution >= 4 is 16.9 Å². The van der Waals surface area contributed by atoms with E-state index in [9.17, 15) is 10.2 Å². The van der Waals surface area contributed by atoms with E-state index in [4.69, 9.17) is 0 Å². The third kappa shape index (κ3) is 2.08. The van der Waals surface area contributed by atoms with Crippen molar-refractivity contribution in [1.82, 2.24) is 14.5 Å². The molecule has 0 aromatic carbocycles. The number of aliphatic hydroxyl groups excluding tert-OH is 2. The number of hydrogen-bond donors (Lipinski definition) is 3. The number of rotatable bonds is 4. The molecule has 0 radical (unpaired) electrons. The van der Waals surface area contributed by atoms with Gasteiger partial charge in [-0.3, -0.25) is 0 Å². The molecule has 122 valence electrons. The number of aliphatic hydroxyl groups is 2. The summed E-state index contributed by atoms with van der Waals surface area (Å²) < 4.78 is 2.25. The van der Waals surface area contributed by atoms with Gasteiger partial charge in [-0.25, -0.2) is 9.97 Å². The number of aromatic nitrogens is 3. The van der Waals surface area contributed by atoms with Crippen LogP contribution in [-0.2, 0) is 0 Å². The van der Waals surface area contributed by atoms with Crippen LogP contribution in [0, 0.1) is 17.8 Å². The zero-order chi connectivity index (χ0) is 15.6. The van der Waals surface area contributed by atoms with Gasteiger partial charge in [-0.05, 0) is 49.5 Å². The molecule has 3 saturated carbocycles.